The van der Waals surface area contributed by atoms with Crippen LogP contribution in [0.5, 0.6) is 5.75 Å². The van der Waals surface area contributed by atoms with Crippen LogP contribution >= 0.6 is 0 Å². The number of hydrogen-bond acceptors (Lipinski definition) is 4. The Hall–Kier alpha value is -1.10. The Labute approximate surface area is 186 Å². The molecule has 0 aromatic heterocycles. The third-order valence-electron chi connectivity index (χ3n) is 5.55. The highest BCUT2D eigenvalue weighted by molar-refractivity contribution is 5.27. The fraction of sp³-hybridized carbons (Fsp3) is 0.769. The summed E-state index contributed by atoms with van der Waals surface area (Å²) in [6.07, 6.45) is 11.0. The molecule has 0 aliphatic rings. The summed E-state index contributed by atoms with van der Waals surface area (Å²) in [5, 5.41) is 9.20. The van der Waals surface area contributed by atoms with Gasteiger partial charge in [-0.3, -0.25) is 0 Å². The quantitative estimate of drug-likeness (QED) is 0.274. The van der Waals surface area contributed by atoms with E-state index in [1.165, 1.54) is 57.2 Å². The molecule has 0 aliphatic carbocycles. The van der Waals surface area contributed by atoms with Crippen LogP contribution in [0, 0.1) is 5.92 Å². The molecule has 30 heavy (non-hydrogen) atoms. The van der Waals surface area contributed by atoms with E-state index in [1.807, 2.05) is 0 Å². The Balaban J connectivity index is 2.36. The van der Waals surface area contributed by atoms with Crippen molar-refractivity contribution in [2.24, 2.45) is 5.92 Å². The van der Waals surface area contributed by atoms with Crippen LogP contribution in [-0.2, 0) is 11.2 Å². The molecule has 0 radical (unpaired) electrons. The number of nitrogens with zero attached hydrogens (tertiary/aromatic N) is 1. The molecule has 0 saturated heterocycles. The second kappa shape index (κ2) is 18.7. The van der Waals surface area contributed by atoms with E-state index in [0.717, 1.165) is 38.2 Å². The Bertz CT molecular complexity index is 492. The fourth-order valence-electron chi connectivity index (χ4n) is 3.52. The van der Waals surface area contributed by atoms with Gasteiger partial charge in [-0.1, -0.05) is 58.6 Å². The lowest BCUT2D eigenvalue weighted by atomic mass is 10.0. The molecule has 4 heteroatoms. The lowest BCUT2D eigenvalue weighted by Crippen LogP contribution is -2.28. The summed E-state index contributed by atoms with van der Waals surface area (Å²) in [6, 6.07) is 8.55. The summed E-state index contributed by atoms with van der Waals surface area (Å²) >= 11 is 0. The van der Waals surface area contributed by atoms with E-state index in [4.69, 9.17) is 9.47 Å². The number of aliphatic hydroxyl groups excluding tert-OH is 1. The van der Waals surface area contributed by atoms with Crippen molar-refractivity contribution in [3.63, 3.8) is 0 Å². The minimum absolute atomic E-state index is 0.312. The van der Waals surface area contributed by atoms with Gasteiger partial charge in [-0.15, -0.1) is 0 Å². The molecule has 0 spiro atoms. The normalized spacial score (nSPS) is 12.4. The molecule has 0 aliphatic heterocycles. The topological polar surface area (TPSA) is 41.9 Å². The molecule has 1 rings (SSSR count). The third-order valence-corrected chi connectivity index (χ3v) is 5.55. The smallest absolute Gasteiger partial charge is 0.119 e. The summed E-state index contributed by atoms with van der Waals surface area (Å²) in [7, 11) is 0. The van der Waals surface area contributed by atoms with Crippen LogP contribution in [0.4, 0.5) is 0 Å². The average Bonchev–Trinajstić information content (AvgIpc) is 2.77. The Morgan fingerprint density at radius 1 is 0.833 bits per heavy atom. The molecule has 1 atom stereocenters. The van der Waals surface area contributed by atoms with Crippen LogP contribution in [0.15, 0.2) is 24.3 Å². The van der Waals surface area contributed by atoms with Gasteiger partial charge in [-0.25, -0.2) is 0 Å². The highest BCUT2D eigenvalue weighted by atomic mass is 16.5. The van der Waals surface area contributed by atoms with E-state index in [1.54, 1.807) is 0 Å². The van der Waals surface area contributed by atoms with Crippen molar-refractivity contribution in [1.82, 2.24) is 4.90 Å². The summed E-state index contributed by atoms with van der Waals surface area (Å²) in [6.45, 7) is 12.4. The summed E-state index contributed by atoms with van der Waals surface area (Å²) in [5.41, 5.74) is 1.37. The fourth-order valence-corrected chi connectivity index (χ4v) is 3.52. The van der Waals surface area contributed by atoms with Gasteiger partial charge in [0.05, 0.1) is 6.61 Å². The van der Waals surface area contributed by atoms with E-state index >= 15 is 0 Å². The van der Waals surface area contributed by atoms with Gasteiger partial charge in [-0.2, -0.15) is 0 Å². The number of hydrogen-bond donors (Lipinski definition) is 1. The van der Waals surface area contributed by atoms with Crippen LogP contribution in [0.2, 0.25) is 0 Å². The first-order chi connectivity index (χ1) is 14.7. The Morgan fingerprint density at radius 2 is 1.57 bits per heavy atom. The minimum atomic E-state index is 0.312. The third kappa shape index (κ3) is 14.0. The number of ether oxygens (including phenoxy) is 2. The van der Waals surface area contributed by atoms with Gasteiger partial charge < -0.3 is 19.5 Å². The predicted molar refractivity (Wildman–Crippen MR) is 127 cm³/mol. The van der Waals surface area contributed by atoms with Crippen LogP contribution in [0.1, 0.15) is 77.7 Å². The van der Waals surface area contributed by atoms with Crippen molar-refractivity contribution in [2.45, 2.75) is 78.6 Å². The van der Waals surface area contributed by atoms with Crippen LogP contribution in [0.3, 0.4) is 0 Å². The first-order valence-electron chi connectivity index (χ1n) is 12.3. The molecule has 1 aromatic carbocycles. The molecule has 0 bridgehead atoms. The van der Waals surface area contributed by atoms with Crippen molar-refractivity contribution < 1.29 is 14.6 Å². The molecule has 1 aromatic rings. The molecule has 0 fully saturated rings. The molecule has 1 unspecified atom stereocenters. The second-order valence-corrected chi connectivity index (χ2v) is 8.54. The zero-order valence-electron chi connectivity index (χ0n) is 19.9. The molecular formula is C26H47NO3. The van der Waals surface area contributed by atoms with E-state index in [-0.39, 0.29) is 0 Å². The first kappa shape index (κ1) is 26.9. The predicted octanol–water partition coefficient (Wildman–Crippen LogP) is 5.72. The van der Waals surface area contributed by atoms with Crippen LogP contribution in [0.25, 0.3) is 0 Å². The molecule has 1 N–H and O–H groups in total. The maximum absolute atomic E-state index is 9.20. The number of unbranched alkanes of at least 4 members (excludes halogenated alkanes) is 4. The van der Waals surface area contributed by atoms with Gasteiger partial charge in [0.15, 0.2) is 0 Å². The number of aliphatic hydroxyl groups is 1. The van der Waals surface area contributed by atoms with Crippen molar-refractivity contribution in [3.05, 3.63) is 29.8 Å². The largest absolute Gasteiger partial charge is 0.491 e. The van der Waals surface area contributed by atoms with E-state index in [2.05, 4.69) is 49.9 Å². The summed E-state index contributed by atoms with van der Waals surface area (Å²) < 4.78 is 11.2. The molecule has 4 nitrogen and oxygen atoms in total. The molecular weight excluding hydrogens is 374 g/mol. The van der Waals surface area contributed by atoms with Crippen LogP contribution in [-0.4, -0.2) is 56.1 Å². The van der Waals surface area contributed by atoms with Gasteiger partial charge in [-0.05, 0) is 68.8 Å². The Morgan fingerprint density at radius 3 is 2.23 bits per heavy atom. The average molecular weight is 422 g/mol. The highest BCUT2D eigenvalue weighted by Gasteiger charge is 2.07. The molecule has 174 valence electrons. The standard InChI is InChI=1S/C26H47NO3/c1-4-6-7-9-17-27(18-10-8-11-24(3)23-28)19-16-25-12-14-26(15-13-25)30-22-21-29-20-5-2/h12-15,24,28H,4-11,16-23H2,1-3H3. The monoisotopic (exact) mass is 421 g/mol. The Kier molecular flexibility index (Phi) is 16.7. The van der Waals surface area contributed by atoms with Crippen molar-refractivity contribution in [1.29, 1.82) is 0 Å². The summed E-state index contributed by atoms with van der Waals surface area (Å²) in [4.78, 5) is 2.63. The van der Waals surface area contributed by atoms with Crippen molar-refractivity contribution in [2.75, 3.05) is 46.1 Å². The van der Waals surface area contributed by atoms with Gasteiger partial charge in [0.1, 0.15) is 12.4 Å². The first-order valence-corrected chi connectivity index (χ1v) is 12.3. The maximum Gasteiger partial charge on any atom is 0.119 e. The van der Waals surface area contributed by atoms with Gasteiger partial charge in [0.25, 0.3) is 0 Å². The zero-order valence-corrected chi connectivity index (χ0v) is 19.9. The zero-order chi connectivity index (χ0) is 21.9. The second-order valence-electron chi connectivity index (χ2n) is 8.54. The van der Waals surface area contributed by atoms with E-state index < -0.39 is 0 Å². The molecule has 0 heterocycles. The lowest BCUT2D eigenvalue weighted by molar-refractivity contribution is 0.101. The van der Waals surface area contributed by atoms with E-state index in [9.17, 15) is 5.11 Å². The van der Waals surface area contributed by atoms with Gasteiger partial charge >= 0.3 is 0 Å². The van der Waals surface area contributed by atoms with E-state index in [0.29, 0.717) is 25.7 Å². The van der Waals surface area contributed by atoms with Gasteiger partial charge in [0.2, 0.25) is 0 Å². The molecule has 0 saturated carbocycles. The highest BCUT2D eigenvalue weighted by Crippen LogP contribution is 2.14. The van der Waals surface area contributed by atoms with Crippen molar-refractivity contribution >= 4 is 0 Å². The van der Waals surface area contributed by atoms with Crippen molar-refractivity contribution in [3.8, 4) is 5.75 Å². The molecule has 0 amide bonds. The number of benzene rings is 1. The van der Waals surface area contributed by atoms with Crippen LogP contribution < -0.4 is 4.74 Å². The van der Waals surface area contributed by atoms with Gasteiger partial charge in [0, 0.05) is 19.8 Å². The minimum Gasteiger partial charge on any atom is -0.491 e. The number of rotatable bonds is 20. The maximum atomic E-state index is 9.20. The lowest BCUT2D eigenvalue weighted by Gasteiger charge is -2.23. The SMILES string of the molecule is CCCCCCN(CCCCC(C)CO)CCc1ccc(OCCOCCC)cc1. The summed E-state index contributed by atoms with van der Waals surface area (Å²) in [5.74, 6) is 1.36.